The van der Waals surface area contributed by atoms with Gasteiger partial charge in [0.15, 0.2) is 0 Å². The molecule has 0 bridgehead atoms. The third-order valence-corrected chi connectivity index (χ3v) is 4.83. The highest BCUT2D eigenvalue weighted by molar-refractivity contribution is 6.31. The molecule has 0 radical (unpaired) electrons. The van der Waals surface area contributed by atoms with Gasteiger partial charge in [0.1, 0.15) is 5.82 Å². The van der Waals surface area contributed by atoms with Gasteiger partial charge >= 0.3 is 0 Å². The zero-order valence-corrected chi connectivity index (χ0v) is 15.8. The molecular formula is C18H24ClN5O2. The zero-order chi connectivity index (χ0) is 18.7. The molecule has 1 unspecified atom stereocenters. The predicted octanol–water partition coefficient (Wildman–Crippen LogP) is 1.47. The number of benzene rings is 1. The number of hydrogen-bond acceptors (Lipinski definition) is 4. The van der Waals surface area contributed by atoms with Gasteiger partial charge in [0.25, 0.3) is 0 Å². The first-order valence-corrected chi connectivity index (χ1v) is 9.26. The molecule has 1 aliphatic heterocycles. The van der Waals surface area contributed by atoms with Gasteiger partial charge < -0.3 is 15.6 Å². The van der Waals surface area contributed by atoms with Gasteiger partial charge in [-0.2, -0.15) is 0 Å². The molecule has 0 spiro atoms. The summed E-state index contributed by atoms with van der Waals surface area (Å²) >= 11 is 5.97. The SMILES string of the molecule is CC(C)N1CCNC(=O)C1CC(=O)NCCc1nc2ccc(Cl)cc2[nH]1. The Balaban J connectivity index is 1.52. The van der Waals surface area contributed by atoms with Crippen LogP contribution in [0.2, 0.25) is 5.02 Å². The number of aromatic amines is 1. The zero-order valence-electron chi connectivity index (χ0n) is 15.0. The summed E-state index contributed by atoms with van der Waals surface area (Å²) in [6.45, 7) is 5.94. The normalized spacial score (nSPS) is 18.3. The highest BCUT2D eigenvalue weighted by atomic mass is 35.5. The lowest BCUT2D eigenvalue weighted by Crippen LogP contribution is -2.58. The van der Waals surface area contributed by atoms with Gasteiger partial charge in [-0.25, -0.2) is 4.98 Å². The van der Waals surface area contributed by atoms with Crippen LogP contribution in [0.4, 0.5) is 0 Å². The maximum absolute atomic E-state index is 12.3. The molecule has 2 aromatic rings. The van der Waals surface area contributed by atoms with E-state index in [1.165, 1.54) is 0 Å². The maximum Gasteiger partial charge on any atom is 0.237 e. The lowest BCUT2D eigenvalue weighted by Gasteiger charge is -2.37. The summed E-state index contributed by atoms with van der Waals surface area (Å²) in [6, 6.07) is 5.30. The van der Waals surface area contributed by atoms with Gasteiger partial charge in [0.05, 0.1) is 23.5 Å². The van der Waals surface area contributed by atoms with Crippen LogP contribution in [0.25, 0.3) is 11.0 Å². The van der Waals surface area contributed by atoms with E-state index in [2.05, 4.69) is 25.5 Å². The number of H-pyrrole nitrogens is 1. The number of imidazole rings is 1. The van der Waals surface area contributed by atoms with Crippen molar-refractivity contribution in [2.24, 2.45) is 0 Å². The molecule has 0 saturated carbocycles. The summed E-state index contributed by atoms with van der Waals surface area (Å²) in [5.74, 6) is 0.591. The minimum absolute atomic E-state index is 0.0748. The Kier molecular flexibility index (Phi) is 5.78. The first-order chi connectivity index (χ1) is 12.4. The third-order valence-electron chi connectivity index (χ3n) is 4.59. The van der Waals surface area contributed by atoms with E-state index < -0.39 is 6.04 Å². The molecule has 3 rings (SSSR count). The van der Waals surface area contributed by atoms with Gasteiger partial charge in [-0.1, -0.05) is 11.6 Å². The fourth-order valence-corrected chi connectivity index (χ4v) is 3.45. The molecule has 3 N–H and O–H groups in total. The summed E-state index contributed by atoms with van der Waals surface area (Å²) < 4.78 is 0. The van der Waals surface area contributed by atoms with Crippen molar-refractivity contribution >= 4 is 34.4 Å². The van der Waals surface area contributed by atoms with Crippen LogP contribution in [0.3, 0.4) is 0 Å². The van der Waals surface area contributed by atoms with Crippen LogP contribution >= 0.6 is 11.6 Å². The monoisotopic (exact) mass is 377 g/mol. The number of halogens is 1. The van der Waals surface area contributed by atoms with E-state index in [0.717, 1.165) is 23.4 Å². The van der Waals surface area contributed by atoms with Crippen molar-refractivity contribution in [2.45, 2.75) is 38.8 Å². The van der Waals surface area contributed by atoms with E-state index in [1.807, 2.05) is 26.0 Å². The fraction of sp³-hybridized carbons (Fsp3) is 0.500. The number of amides is 2. The Hall–Kier alpha value is -2.12. The van der Waals surface area contributed by atoms with Crippen molar-refractivity contribution in [2.75, 3.05) is 19.6 Å². The fourth-order valence-electron chi connectivity index (χ4n) is 3.28. The summed E-state index contributed by atoms with van der Waals surface area (Å²) in [5, 5.41) is 6.37. The second-order valence-corrected chi connectivity index (χ2v) is 7.22. The Morgan fingerprint density at radius 2 is 2.27 bits per heavy atom. The first-order valence-electron chi connectivity index (χ1n) is 8.88. The van der Waals surface area contributed by atoms with E-state index in [1.54, 1.807) is 6.07 Å². The van der Waals surface area contributed by atoms with Crippen LogP contribution in [-0.2, 0) is 16.0 Å². The summed E-state index contributed by atoms with van der Waals surface area (Å²) in [6.07, 6.45) is 0.753. The molecule has 1 aromatic heterocycles. The van der Waals surface area contributed by atoms with Crippen molar-refractivity contribution < 1.29 is 9.59 Å². The highest BCUT2D eigenvalue weighted by Crippen LogP contribution is 2.17. The van der Waals surface area contributed by atoms with Gasteiger partial charge in [-0.15, -0.1) is 0 Å². The first kappa shape index (κ1) is 18.7. The van der Waals surface area contributed by atoms with Crippen molar-refractivity contribution in [3.05, 3.63) is 29.0 Å². The second kappa shape index (κ2) is 8.05. The number of rotatable bonds is 6. The molecule has 1 aliphatic rings. The molecule has 140 valence electrons. The Morgan fingerprint density at radius 1 is 1.46 bits per heavy atom. The average molecular weight is 378 g/mol. The Bertz CT molecular complexity index is 804. The number of carbonyl (C=O) groups is 2. The van der Waals surface area contributed by atoms with Gasteiger partial charge in [-0.3, -0.25) is 14.5 Å². The largest absolute Gasteiger partial charge is 0.356 e. The number of carbonyl (C=O) groups excluding carboxylic acids is 2. The molecule has 2 amide bonds. The smallest absolute Gasteiger partial charge is 0.237 e. The number of nitrogens with one attached hydrogen (secondary N) is 3. The van der Waals surface area contributed by atoms with E-state index >= 15 is 0 Å². The van der Waals surface area contributed by atoms with Crippen LogP contribution in [-0.4, -0.2) is 58.4 Å². The standard InChI is InChI=1S/C18H24ClN5O2/c1-11(2)24-8-7-21-18(26)15(24)10-17(25)20-6-5-16-22-13-4-3-12(19)9-14(13)23-16/h3-4,9,11,15H,5-8,10H2,1-2H3,(H,20,25)(H,21,26)(H,22,23). The van der Waals surface area contributed by atoms with E-state index in [-0.39, 0.29) is 24.3 Å². The molecule has 1 fully saturated rings. The van der Waals surface area contributed by atoms with E-state index in [0.29, 0.717) is 24.5 Å². The van der Waals surface area contributed by atoms with Gasteiger partial charge in [-0.05, 0) is 32.0 Å². The Labute approximate surface area is 157 Å². The molecule has 7 nitrogen and oxygen atoms in total. The number of piperazine rings is 1. The minimum Gasteiger partial charge on any atom is -0.356 e. The third kappa shape index (κ3) is 4.34. The number of fused-ring (bicyclic) bond motifs is 1. The minimum atomic E-state index is -0.405. The topological polar surface area (TPSA) is 90.1 Å². The lowest BCUT2D eigenvalue weighted by atomic mass is 10.1. The molecule has 26 heavy (non-hydrogen) atoms. The highest BCUT2D eigenvalue weighted by Gasteiger charge is 2.32. The number of hydrogen-bond donors (Lipinski definition) is 3. The molecule has 2 heterocycles. The molecule has 8 heteroatoms. The van der Waals surface area contributed by atoms with Gasteiger partial charge in [0, 0.05) is 37.1 Å². The van der Waals surface area contributed by atoms with Crippen molar-refractivity contribution in [3.63, 3.8) is 0 Å². The molecule has 1 aromatic carbocycles. The predicted molar refractivity (Wildman–Crippen MR) is 101 cm³/mol. The van der Waals surface area contributed by atoms with Crippen LogP contribution in [0.15, 0.2) is 18.2 Å². The van der Waals surface area contributed by atoms with E-state index in [4.69, 9.17) is 11.6 Å². The Morgan fingerprint density at radius 3 is 3.04 bits per heavy atom. The summed E-state index contributed by atoms with van der Waals surface area (Å²) in [7, 11) is 0. The molecule has 1 saturated heterocycles. The van der Waals surface area contributed by atoms with Crippen LogP contribution in [0.5, 0.6) is 0 Å². The van der Waals surface area contributed by atoms with Crippen LogP contribution in [0, 0.1) is 0 Å². The van der Waals surface area contributed by atoms with Gasteiger partial charge in [0.2, 0.25) is 11.8 Å². The number of aromatic nitrogens is 2. The maximum atomic E-state index is 12.3. The van der Waals surface area contributed by atoms with Crippen LogP contribution in [0.1, 0.15) is 26.1 Å². The average Bonchev–Trinajstić information content (AvgIpc) is 2.98. The number of nitrogens with zero attached hydrogens (tertiary/aromatic N) is 2. The molecular weight excluding hydrogens is 354 g/mol. The summed E-state index contributed by atoms with van der Waals surface area (Å²) in [5.41, 5.74) is 1.73. The van der Waals surface area contributed by atoms with Crippen molar-refractivity contribution in [1.82, 2.24) is 25.5 Å². The van der Waals surface area contributed by atoms with Crippen molar-refractivity contribution in [1.29, 1.82) is 0 Å². The van der Waals surface area contributed by atoms with E-state index in [9.17, 15) is 9.59 Å². The quantitative estimate of drug-likeness (QED) is 0.711. The molecule has 1 atom stereocenters. The second-order valence-electron chi connectivity index (χ2n) is 6.79. The lowest BCUT2D eigenvalue weighted by molar-refractivity contribution is -0.134. The van der Waals surface area contributed by atoms with Crippen LogP contribution < -0.4 is 10.6 Å². The van der Waals surface area contributed by atoms with Crippen molar-refractivity contribution in [3.8, 4) is 0 Å². The summed E-state index contributed by atoms with van der Waals surface area (Å²) in [4.78, 5) is 34.1. The molecule has 0 aliphatic carbocycles.